The minimum atomic E-state index is -3.00. The van der Waals surface area contributed by atoms with Gasteiger partial charge in [0, 0.05) is 56.0 Å². The number of nitrogens with zero attached hydrogens (tertiary/aromatic N) is 2. The van der Waals surface area contributed by atoms with E-state index in [0.29, 0.717) is 41.1 Å². The van der Waals surface area contributed by atoms with Crippen LogP contribution in [0, 0.1) is 18.2 Å². The number of urea groups is 1. The Labute approximate surface area is 210 Å². The van der Waals surface area contributed by atoms with Gasteiger partial charge >= 0.3 is 6.03 Å². The van der Waals surface area contributed by atoms with E-state index in [1.54, 1.807) is 30.0 Å². The Hall–Kier alpha value is -3.33. The van der Waals surface area contributed by atoms with Crippen LogP contribution in [0.1, 0.15) is 37.3 Å². The Morgan fingerprint density at radius 3 is 2.75 bits per heavy atom. The van der Waals surface area contributed by atoms with Gasteiger partial charge in [-0.1, -0.05) is 18.7 Å². The van der Waals surface area contributed by atoms with Crippen LogP contribution < -0.4 is 11.1 Å². The molecule has 1 atom stereocenters. The predicted octanol–water partition coefficient (Wildman–Crippen LogP) is 5.03. The van der Waals surface area contributed by atoms with E-state index in [0.717, 1.165) is 11.1 Å². The number of aryl methyl sites for hydroxylation is 1. The van der Waals surface area contributed by atoms with E-state index < -0.39 is 36.8 Å². The molecule has 1 aromatic rings. The number of alkyl halides is 2. The molecule has 0 bridgehead atoms. The lowest BCUT2D eigenvalue weighted by atomic mass is 9.98. The first-order chi connectivity index (χ1) is 16.9. The van der Waals surface area contributed by atoms with E-state index in [1.807, 2.05) is 6.92 Å². The highest BCUT2D eigenvalue weighted by atomic mass is 19.3. The number of carbonyl (C=O) groups excluding carboxylic acids is 1. The molecule has 0 aliphatic carbocycles. The van der Waals surface area contributed by atoms with Gasteiger partial charge in [-0.15, -0.1) is 6.58 Å². The quantitative estimate of drug-likeness (QED) is 0.345. The Bertz CT molecular complexity index is 1100. The average Bonchev–Trinajstić information content (AvgIpc) is 2.74. The SMILES string of the molecule is C=CCC(=N)C/C(C)=C(N)/C=C1/NC(=O)N(C2CN(Cc3cc(C)cc(F)c3)CC(F)(F)C2)CC1=C. The molecule has 2 heterocycles. The summed E-state index contributed by atoms with van der Waals surface area (Å²) < 4.78 is 43.2. The number of rotatable bonds is 8. The van der Waals surface area contributed by atoms with Gasteiger partial charge in [-0.2, -0.15) is 0 Å². The zero-order valence-corrected chi connectivity index (χ0v) is 20.8. The lowest BCUT2D eigenvalue weighted by Gasteiger charge is -2.44. The number of amides is 2. The van der Waals surface area contributed by atoms with Crippen LogP contribution in [0.3, 0.4) is 0 Å². The molecular weight excluding hydrogens is 467 g/mol. The van der Waals surface area contributed by atoms with Crippen molar-refractivity contribution in [3.8, 4) is 0 Å². The third-order valence-electron chi connectivity index (χ3n) is 6.31. The molecule has 2 amide bonds. The molecule has 0 saturated carbocycles. The van der Waals surface area contributed by atoms with Gasteiger partial charge in [0.15, 0.2) is 0 Å². The van der Waals surface area contributed by atoms with Crippen molar-refractivity contribution in [2.24, 2.45) is 5.73 Å². The third-order valence-corrected chi connectivity index (χ3v) is 6.31. The fraction of sp³-hybridized carbons (Fsp3) is 0.407. The summed E-state index contributed by atoms with van der Waals surface area (Å²) in [4.78, 5) is 15.9. The molecule has 2 saturated heterocycles. The van der Waals surface area contributed by atoms with E-state index in [-0.39, 0.29) is 19.6 Å². The molecule has 1 aromatic carbocycles. The van der Waals surface area contributed by atoms with Crippen molar-refractivity contribution in [1.29, 1.82) is 5.41 Å². The van der Waals surface area contributed by atoms with Crippen molar-refractivity contribution in [2.75, 3.05) is 19.6 Å². The minimum absolute atomic E-state index is 0.0872. The number of hydrogen-bond donors (Lipinski definition) is 3. The number of nitrogens with two attached hydrogens (primary N) is 1. The van der Waals surface area contributed by atoms with Crippen molar-refractivity contribution in [3.63, 3.8) is 0 Å². The Kier molecular flexibility index (Phi) is 8.45. The van der Waals surface area contributed by atoms with Crippen LogP contribution in [0.2, 0.25) is 0 Å². The van der Waals surface area contributed by atoms with Gasteiger partial charge in [0.25, 0.3) is 5.92 Å². The molecule has 6 nitrogen and oxygen atoms in total. The molecule has 194 valence electrons. The van der Waals surface area contributed by atoms with Crippen molar-refractivity contribution in [2.45, 2.75) is 51.6 Å². The first-order valence-electron chi connectivity index (χ1n) is 11.8. The summed E-state index contributed by atoms with van der Waals surface area (Å²) >= 11 is 0. The number of piperidine rings is 1. The summed E-state index contributed by atoms with van der Waals surface area (Å²) in [5.41, 5.74) is 10.1. The highest BCUT2D eigenvalue weighted by Crippen LogP contribution is 2.32. The Morgan fingerprint density at radius 1 is 1.36 bits per heavy atom. The van der Waals surface area contributed by atoms with Gasteiger partial charge in [0.1, 0.15) is 5.82 Å². The van der Waals surface area contributed by atoms with Crippen molar-refractivity contribution in [3.05, 3.63) is 83.0 Å². The lowest BCUT2D eigenvalue weighted by molar-refractivity contribution is -0.0900. The fourth-order valence-corrected chi connectivity index (χ4v) is 4.67. The molecule has 9 heteroatoms. The van der Waals surface area contributed by atoms with Crippen molar-refractivity contribution in [1.82, 2.24) is 15.1 Å². The molecular formula is C27H34F3N5O. The van der Waals surface area contributed by atoms with E-state index in [4.69, 9.17) is 11.1 Å². The molecule has 2 aliphatic heterocycles. The topological polar surface area (TPSA) is 85.4 Å². The maximum atomic E-state index is 14.7. The van der Waals surface area contributed by atoms with E-state index >= 15 is 0 Å². The zero-order chi connectivity index (χ0) is 26.6. The standard InChI is InChI=1S/C27H34F3N5O/c1-5-6-22(31)9-18(3)24(32)11-25-19(4)13-35(26(36)33-25)23-12-27(29,30)16-34(15-23)14-20-7-17(2)8-21(28)10-20/h5,7-8,10-11,23,31H,1,4,6,9,12-16,32H2,2-3H3,(H,33,36)/b24-18-,25-11+,31-22?. The van der Waals surface area contributed by atoms with Crippen LogP contribution in [0.5, 0.6) is 0 Å². The molecule has 4 N–H and O–H groups in total. The number of allylic oxidation sites excluding steroid dienone is 3. The van der Waals surface area contributed by atoms with Crippen LogP contribution >= 0.6 is 0 Å². The molecule has 3 rings (SSSR count). The first kappa shape index (κ1) is 27.3. The van der Waals surface area contributed by atoms with Crippen molar-refractivity contribution >= 4 is 11.7 Å². The maximum absolute atomic E-state index is 14.7. The lowest BCUT2D eigenvalue weighted by Crippen LogP contribution is -2.60. The number of halogens is 3. The largest absolute Gasteiger partial charge is 0.399 e. The predicted molar refractivity (Wildman–Crippen MR) is 136 cm³/mol. The number of carbonyl (C=O) groups is 1. The van der Waals surface area contributed by atoms with Crippen LogP contribution in [-0.4, -0.2) is 53.1 Å². The van der Waals surface area contributed by atoms with E-state index in [9.17, 15) is 18.0 Å². The van der Waals surface area contributed by atoms with Crippen LogP contribution in [0.4, 0.5) is 18.0 Å². The summed E-state index contributed by atoms with van der Waals surface area (Å²) in [5.74, 6) is -3.40. The molecule has 0 radical (unpaired) electrons. The molecule has 0 spiro atoms. The number of benzene rings is 1. The molecule has 0 aromatic heterocycles. The van der Waals surface area contributed by atoms with Gasteiger partial charge in [0.05, 0.1) is 12.6 Å². The summed E-state index contributed by atoms with van der Waals surface area (Å²) in [6, 6.07) is 3.27. The molecule has 2 aliphatic rings. The minimum Gasteiger partial charge on any atom is -0.399 e. The normalized spacial score (nSPS) is 22.3. The monoisotopic (exact) mass is 501 g/mol. The van der Waals surface area contributed by atoms with Crippen LogP contribution in [0.15, 0.2) is 66.0 Å². The highest BCUT2D eigenvalue weighted by Gasteiger charge is 2.44. The molecule has 2 fully saturated rings. The molecule has 1 unspecified atom stereocenters. The van der Waals surface area contributed by atoms with Gasteiger partial charge in [-0.25, -0.2) is 18.0 Å². The van der Waals surface area contributed by atoms with Crippen molar-refractivity contribution < 1.29 is 18.0 Å². The number of likely N-dealkylation sites (tertiary alicyclic amines) is 1. The average molecular weight is 502 g/mol. The second kappa shape index (κ2) is 11.2. The van der Waals surface area contributed by atoms with Gasteiger partial charge < -0.3 is 21.4 Å². The summed E-state index contributed by atoms with van der Waals surface area (Å²) in [6.45, 7) is 11.2. The number of hydrogen-bond acceptors (Lipinski definition) is 4. The third kappa shape index (κ3) is 7.10. The van der Waals surface area contributed by atoms with Gasteiger partial charge in [-0.05, 0) is 54.3 Å². The van der Waals surface area contributed by atoms with E-state index in [1.165, 1.54) is 17.0 Å². The second-order valence-electron chi connectivity index (χ2n) is 9.75. The summed E-state index contributed by atoms with van der Waals surface area (Å²) in [6.07, 6.45) is 3.63. The summed E-state index contributed by atoms with van der Waals surface area (Å²) in [5, 5.41) is 10.7. The van der Waals surface area contributed by atoms with E-state index in [2.05, 4.69) is 18.5 Å². The first-order valence-corrected chi connectivity index (χ1v) is 11.8. The Balaban J connectivity index is 1.72. The Morgan fingerprint density at radius 2 is 2.08 bits per heavy atom. The van der Waals surface area contributed by atoms with Gasteiger partial charge in [0.2, 0.25) is 0 Å². The summed E-state index contributed by atoms with van der Waals surface area (Å²) in [7, 11) is 0. The van der Waals surface area contributed by atoms with Crippen LogP contribution in [0.25, 0.3) is 0 Å². The second-order valence-corrected chi connectivity index (χ2v) is 9.75. The highest BCUT2D eigenvalue weighted by molar-refractivity contribution is 5.85. The smallest absolute Gasteiger partial charge is 0.322 e. The maximum Gasteiger partial charge on any atom is 0.322 e. The number of nitrogens with one attached hydrogen (secondary N) is 2. The van der Waals surface area contributed by atoms with Crippen LogP contribution in [-0.2, 0) is 6.54 Å². The van der Waals surface area contributed by atoms with Gasteiger partial charge in [-0.3, -0.25) is 4.90 Å². The zero-order valence-electron chi connectivity index (χ0n) is 20.8. The molecule has 36 heavy (non-hydrogen) atoms. The fourth-order valence-electron chi connectivity index (χ4n) is 4.67.